The summed E-state index contributed by atoms with van der Waals surface area (Å²) in [6.45, 7) is -0.0524. The Morgan fingerprint density at radius 2 is 1.55 bits per heavy atom. The molecule has 0 spiro atoms. The van der Waals surface area contributed by atoms with E-state index in [4.69, 9.17) is 9.47 Å². The van der Waals surface area contributed by atoms with Crippen molar-refractivity contribution in [3.8, 4) is 11.5 Å². The van der Waals surface area contributed by atoms with E-state index in [-0.39, 0.29) is 10.6 Å². The second-order valence-electron chi connectivity index (χ2n) is 9.32. The van der Waals surface area contributed by atoms with Crippen LogP contribution in [0.2, 0.25) is 0 Å². The van der Waals surface area contributed by atoms with Crippen LogP contribution in [0.15, 0.2) is 131 Å². The maximum absolute atomic E-state index is 13.5. The summed E-state index contributed by atoms with van der Waals surface area (Å²) in [5, 5.41) is 6.34. The molecule has 0 aliphatic carbocycles. The number of nitrogens with one attached hydrogen (secondary N) is 1. The van der Waals surface area contributed by atoms with E-state index in [1.165, 1.54) is 25.5 Å². The highest BCUT2D eigenvalue weighted by Crippen LogP contribution is 2.27. The van der Waals surface area contributed by atoms with E-state index in [9.17, 15) is 13.2 Å². The second-order valence-corrected chi connectivity index (χ2v) is 11.2. The van der Waals surface area contributed by atoms with Crippen molar-refractivity contribution in [2.75, 3.05) is 18.0 Å². The number of nitrogens with zero attached hydrogens (tertiary/aromatic N) is 2. The topological polar surface area (TPSA) is 97.3 Å². The van der Waals surface area contributed by atoms with E-state index in [1.54, 1.807) is 42.5 Å². The molecule has 5 aromatic carbocycles. The zero-order chi connectivity index (χ0) is 29.4. The largest absolute Gasteiger partial charge is 0.497 e. The normalized spacial score (nSPS) is 11.4. The summed E-state index contributed by atoms with van der Waals surface area (Å²) >= 11 is 0. The second kappa shape index (κ2) is 13.0. The SMILES string of the molecule is COc1cccc(N(CC(=O)N/N=C\c2ccc(OCc3cccc4ccccc34)cc2)S(=O)(=O)c2ccccc2)c1. The third kappa shape index (κ3) is 6.76. The fraction of sp³-hybridized carbons (Fsp3) is 0.0909. The van der Waals surface area contributed by atoms with Crippen LogP contribution in [0, 0.1) is 0 Å². The molecule has 212 valence electrons. The number of benzene rings is 5. The van der Waals surface area contributed by atoms with Gasteiger partial charge in [0.2, 0.25) is 0 Å². The average Bonchev–Trinajstić information content (AvgIpc) is 3.03. The minimum atomic E-state index is -4.04. The first-order valence-corrected chi connectivity index (χ1v) is 14.6. The predicted molar refractivity (Wildman–Crippen MR) is 164 cm³/mol. The first-order chi connectivity index (χ1) is 20.4. The lowest BCUT2D eigenvalue weighted by Crippen LogP contribution is -2.39. The van der Waals surface area contributed by atoms with Crippen molar-refractivity contribution in [2.24, 2.45) is 5.10 Å². The van der Waals surface area contributed by atoms with Gasteiger partial charge in [0.25, 0.3) is 15.9 Å². The van der Waals surface area contributed by atoms with Gasteiger partial charge < -0.3 is 9.47 Å². The summed E-state index contributed by atoms with van der Waals surface area (Å²) in [7, 11) is -2.56. The molecule has 1 N–H and O–H groups in total. The maximum atomic E-state index is 13.5. The van der Waals surface area contributed by atoms with Crippen LogP contribution in [0.3, 0.4) is 0 Å². The maximum Gasteiger partial charge on any atom is 0.264 e. The molecule has 5 aromatic rings. The summed E-state index contributed by atoms with van der Waals surface area (Å²) in [4.78, 5) is 12.9. The van der Waals surface area contributed by atoms with Gasteiger partial charge in [-0.15, -0.1) is 0 Å². The molecule has 0 aliphatic heterocycles. The standard InChI is InChI=1S/C33H29N3O5S/c1-40-30-13-8-12-28(21-30)36(42(38,39)31-14-3-2-4-15-31)23-33(37)35-34-22-25-17-19-29(20-18-25)41-24-27-11-7-10-26-9-5-6-16-32(26)27/h2-22H,23-24H2,1H3,(H,35,37)/b34-22-. The molecule has 8 nitrogen and oxygen atoms in total. The van der Waals surface area contributed by atoms with E-state index in [1.807, 2.05) is 48.5 Å². The first-order valence-electron chi connectivity index (χ1n) is 13.2. The zero-order valence-electron chi connectivity index (χ0n) is 22.9. The Morgan fingerprint density at radius 1 is 0.833 bits per heavy atom. The van der Waals surface area contributed by atoms with Crippen molar-refractivity contribution in [3.63, 3.8) is 0 Å². The molecule has 0 aliphatic rings. The van der Waals surface area contributed by atoms with Crippen LogP contribution >= 0.6 is 0 Å². The Morgan fingerprint density at radius 3 is 2.33 bits per heavy atom. The van der Waals surface area contributed by atoms with Crippen molar-refractivity contribution in [2.45, 2.75) is 11.5 Å². The molecule has 0 unspecified atom stereocenters. The van der Waals surface area contributed by atoms with Crippen LogP contribution < -0.4 is 19.2 Å². The van der Waals surface area contributed by atoms with Crippen molar-refractivity contribution in [1.29, 1.82) is 0 Å². The molecule has 0 atom stereocenters. The number of amides is 1. The van der Waals surface area contributed by atoms with Crippen LogP contribution in [-0.4, -0.2) is 34.2 Å². The first kappa shape index (κ1) is 28.4. The van der Waals surface area contributed by atoms with Gasteiger partial charge in [0.05, 0.1) is 23.9 Å². The Balaban J connectivity index is 1.23. The molecule has 1 amide bonds. The van der Waals surface area contributed by atoms with Crippen LogP contribution in [-0.2, 0) is 21.4 Å². The molecule has 42 heavy (non-hydrogen) atoms. The van der Waals surface area contributed by atoms with Crippen molar-refractivity contribution in [1.82, 2.24) is 5.43 Å². The smallest absolute Gasteiger partial charge is 0.264 e. The van der Waals surface area contributed by atoms with Crippen molar-refractivity contribution in [3.05, 3.63) is 132 Å². The van der Waals surface area contributed by atoms with Crippen LogP contribution in [0.25, 0.3) is 10.8 Å². The Bertz CT molecular complexity index is 1800. The summed E-state index contributed by atoms with van der Waals surface area (Å²) in [5.74, 6) is 0.552. The number of anilines is 1. The number of sulfonamides is 1. The van der Waals surface area contributed by atoms with Gasteiger partial charge in [-0.3, -0.25) is 9.10 Å². The Kier molecular flexibility index (Phi) is 8.79. The lowest BCUT2D eigenvalue weighted by Gasteiger charge is -2.24. The van der Waals surface area contributed by atoms with Crippen LogP contribution in [0.4, 0.5) is 5.69 Å². The third-order valence-electron chi connectivity index (χ3n) is 6.52. The lowest BCUT2D eigenvalue weighted by molar-refractivity contribution is -0.119. The Labute approximate surface area is 244 Å². The van der Waals surface area contributed by atoms with Gasteiger partial charge in [-0.1, -0.05) is 66.7 Å². The van der Waals surface area contributed by atoms with Crippen molar-refractivity contribution >= 4 is 38.6 Å². The molecule has 0 radical (unpaired) electrons. The molecule has 5 rings (SSSR count). The number of carbonyl (C=O) groups is 1. The van der Waals surface area contributed by atoms with Gasteiger partial charge in [0.1, 0.15) is 24.7 Å². The molecule has 0 saturated heterocycles. The molecule has 0 bridgehead atoms. The average molecular weight is 580 g/mol. The highest BCUT2D eigenvalue weighted by Gasteiger charge is 2.27. The van der Waals surface area contributed by atoms with Crippen LogP contribution in [0.1, 0.15) is 11.1 Å². The molecule has 0 fully saturated rings. The molecular weight excluding hydrogens is 550 g/mol. The van der Waals surface area contributed by atoms with Gasteiger partial charge in [0.15, 0.2) is 0 Å². The molecule has 0 aromatic heterocycles. The number of methoxy groups -OCH3 is 1. The Hall–Kier alpha value is -5.15. The summed E-state index contributed by atoms with van der Waals surface area (Å²) < 4.78 is 39.2. The third-order valence-corrected chi connectivity index (χ3v) is 8.31. The number of ether oxygens (including phenoxy) is 2. The van der Waals surface area contributed by atoms with Gasteiger partial charge in [-0.25, -0.2) is 13.8 Å². The number of carbonyl (C=O) groups excluding carboxylic acids is 1. The van der Waals surface area contributed by atoms with Gasteiger partial charge in [-0.2, -0.15) is 5.10 Å². The highest BCUT2D eigenvalue weighted by molar-refractivity contribution is 7.92. The zero-order valence-corrected chi connectivity index (χ0v) is 23.7. The van der Waals surface area contributed by atoms with Gasteiger partial charge in [-0.05, 0) is 70.4 Å². The summed E-state index contributed by atoms with van der Waals surface area (Å²) in [6, 6.07) is 36.0. The fourth-order valence-corrected chi connectivity index (χ4v) is 5.81. The number of hydrazone groups is 1. The summed E-state index contributed by atoms with van der Waals surface area (Å²) in [6.07, 6.45) is 1.48. The lowest BCUT2D eigenvalue weighted by atomic mass is 10.1. The van der Waals surface area contributed by atoms with Gasteiger partial charge >= 0.3 is 0 Å². The number of fused-ring (bicyclic) bond motifs is 1. The van der Waals surface area contributed by atoms with Crippen LogP contribution in [0.5, 0.6) is 11.5 Å². The van der Waals surface area contributed by atoms with E-state index in [0.717, 1.165) is 26.2 Å². The predicted octanol–water partition coefficient (Wildman–Crippen LogP) is 5.77. The number of hydrogen-bond donors (Lipinski definition) is 1. The van der Waals surface area contributed by atoms with E-state index < -0.39 is 22.5 Å². The van der Waals surface area contributed by atoms with Gasteiger partial charge in [0, 0.05) is 6.07 Å². The number of hydrogen-bond acceptors (Lipinski definition) is 6. The number of rotatable bonds is 11. The molecule has 0 saturated carbocycles. The minimum Gasteiger partial charge on any atom is -0.497 e. The van der Waals surface area contributed by atoms with Crippen molar-refractivity contribution < 1.29 is 22.7 Å². The molecular formula is C33H29N3O5S. The quantitative estimate of drug-likeness (QED) is 0.158. The highest BCUT2D eigenvalue weighted by atomic mass is 32.2. The minimum absolute atomic E-state index is 0.0619. The van der Waals surface area contributed by atoms with E-state index in [2.05, 4.69) is 28.7 Å². The monoisotopic (exact) mass is 579 g/mol. The molecule has 9 heteroatoms. The van der Waals surface area contributed by atoms with E-state index in [0.29, 0.717) is 18.1 Å². The fourth-order valence-electron chi connectivity index (χ4n) is 4.37. The summed E-state index contributed by atoms with van der Waals surface area (Å²) in [5.41, 5.74) is 4.54. The van der Waals surface area contributed by atoms with E-state index >= 15 is 0 Å². The molecule has 0 heterocycles.